The zero-order valence-corrected chi connectivity index (χ0v) is 12.5. The van der Waals surface area contributed by atoms with Crippen LogP contribution in [0.1, 0.15) is 27.7 Å². The Morgan fingerprint density at radius 1 is 0.545 bits per heavy atom. The first-order valence-electron chi connectivity index (χ1n) is 3.41. The predicted molar refractivity (Wildman–Crippen MR) is 54.2 cm³/mol. The molecule has 0 aromatic carbocycles. The van der Waals surface area contributed by atoms with Gasteiger partial charge in [-0.1, -0.05) is 0 Å². The zero-order valence-electron chi connectivity index (χ0n) is 8.91. The van der Waals surface area contributed by atoms with Crippen molar-refractivity contribution in [2.45, 2.75) is 27.7 Å². The van der Waals surface area contributed by atoms with Crippen molar-refractivity contribution < 1.29 is 25.8 Å². The van der Waals surface area contributed by atoms with E-state index in [-0.39, 0.29) is 25.8 Å². The fourth-order valence-corrected chi connectivity index (χ4v) is 0. The van der Waals surface area contributed by atoms with Crippen LogP contribution in [0, 0.1) is 27.7 Å². The van der Waals surface area contributed by atoms with Gasteiger partial charge in [-0.25, -0.2) is 0 Å². The van der Waals surface area contributed by atoms with E-state index in [1.807, 2.05) is 0 Å². The number of hydrogen-bond donors (Lipinski definition) is 1. The maximum Gasteiger partial charge on any atom is 4.00 e. The molecule has 0 aromatic rings. The van der Waals surface area contributed by atoms with Crippen molar-refractivity contribution in [3.8, 4) is 0 Å². The SMILES string of the molecule is CN.[CH2-]C.[CH2-]C.[CH2-]C.[CH2-]C.[Hf+4]. The summed E-state index contributed by atoms with van der Waals surface area (Å²) in [6.07, 6.45) is 0. The Bertz CT molecular complexity index is 9.52. The fourth-order valence-electron chi connectivity index (χ4n) is 0. The topological polar surface area (TPSA) is 26.0 Å². The second kappa shape index (κ2) is 1520. The summed E-state index contributed by atoms with van der Waals surface area (Å²) in [5.41, 5.74) is 4.50. The van der Waals surface area contributed by atoms with Crippen LogP contribution in [0.3, 0.4) is 0 Å². The Kier molecular flexibility index (Phi) is 5640. The van der Waals surface area contributed by atoms with E-state index in [0.29, 0.717) is 0 Å². The molecule has 0 aliphatic rings. The molecule has 11 heavy (non-hydrogen) atoms. The first-order valence-corrected chi connectivity index (χ1v) is 3.41. The minimum Gasteiger partial charge on any atom is -0.346 e. The minimum absolute atomic E-state index is 0. The van der Waals surface area contributed by atoms with Gasteiger partial charge < -0.3 is 33.4 Å². The molecule has 0 aliphatic heterocycles. The molecule has 0 spiro atoms. The average molecular weight is 326 g/mol. The van der Waals surface area contributed by atoms with E-state index in [0.717, 1.165) is 0 Å². The largest absolute Gasteiger partial charge is 4.00 e. The molecule has 0 saturated heterocycles. The molecule has 0 aromatic heterocycles. The summed E-state index contributed by atoms with van der Waals surface area (Å²) in [4.78, 5) is 0. The summed E-state index contributed by atoms with van der Waals surface area (Å²) in [6, 6.07) is 0. The molecule has 0 saturated carbocycles. The fraction of sp³-hybridized carbons (Fsp3) is 0.556. The van der Waals surface area contributed by atoms with Gasteiger partial charge in [0.05, 0.1) is 0 Å². The van der Waals surface area contributed by atoms with Gasteiger partial charge in [0, 0.05) is 0 Å². The van der Waals surface area contributed by atoms with Crippen LogP contribution in [-0.2, 0) is 25.8 Å². The van der Waals surface area contributed by atoms with Crippen LogP contribution in [0.15, 0.2) is 0 Å². The average Bonchev–Trinajstić information content (AvgIpc) is 2.20. The molecule has 0 rings (SSSR count). The molecule has 0 radical (unpaired) electrons. The molecule has 0 unspecified atom stereocenters. The van der Waals surface area contributed by atoms with Crippen molar-refractivity contribution >= 4 is 0 Å². The van der Waals surface area contributed by atoms with Crippen molar-refractivity contribution in [1.82, 2.24) is 0 Å². The summed E-state index contributed by atoms with van der Waals surface area (Å²) >= 11 is 0. The number of nitrogens with two attached hydrogens (primary N) is 1. The standard InChI is InChI=1S/4C2H5.CH5N.Hf/c5*1-2;/h4*1H2,2H3;2H2,1H3;/q4*-1;;+4. The third kappa shape index (κ3) is 1230. The smallest absolute Gasteiger partial charge is 0.346 e. The molecular formula is C9H25HfN. The molecule has 0 amide bonds. The maximum atomic E-state index is 4.50. The van der Waals surface area contributed by atoms with Crippen molar-refractivity contribution in [3.63, 3.8) is 0 Å². The van der Waals surface area contributed by atoms with Gasteiger partial charge in [0.25, 0.3) is 0 Å². The molecule has 1 nitrogen and oxygen atoms in total. The molecule has 0 heterocycles. The molecule has 0 fully saturated rings. The van der Waals surface area contributed by atoms with Crippen LogP contribution in [0.25, 0.3) is 0 Å². The van der Waals surface area contributed by atoms with Crippen molar-refractivity contribution in [1.29, 1.82) is 0 Å². The van der Waals surface area contributed by atoms with E-state index in [1.165, 1.54) is 7.05 Å². The van der Waals surface area contributed by atoms with Gasteiger partial charge in [-0.3, -0.25) is 0 Å². The number of hydrogen-bond acceptors (Lipinski definition) is 1. The molecule has 0 atom stereocenters. The van der Waals surface area contributed by atoms with E-state index in [1.54, 1.807) is 27.7 Å². The first-order chi connectivity index (χ1) is 5.00. The Labute approximate surface area is 93.9 Å². The van der Waals surface area contributed by atoms with E-state index < -0.39 is 0 Å². The summed E-state index contributed by atoms with van der Waals surface area (Å²) in [5.74, 6) is 0. The van der Waals surface area contributed by atoms with Gasteiger partial charge in [0.2, 0.25) is 0 Å². The summed E-state index contributed by atoms with van der Waals surface area (Å²) in [6.45, 7) is 20.0. The van der Waals surface area contributed by atoms with Crippen LogP contribution in [-0.4, -0.2) is 7.05 Å². The Hall–Kier alpha value is 0.830. The summed E-state index contributed by atoms with van der Waals surface area (Å²) < 4.78 is 0. The molecular weight excluding hydrogens is 301 g/mol. The normalized spacial score (nSPS) is 2.73. The summed E-state index contributed by atoms with van der Waals surface area (Å²) in [7, 11) is 1.50. The Morgan fingerprint density at radius 3 is 0.545 bits per heavy atom. The predicted octanol–water partition coefficient (Wildman–Crippen LogP) is 2.93. The van der Waals surface area contributed by atoms with E-state index in [2.05, 4.69) is 33.4 Å². The van der Waals surface area contributed by atoms with Gasteiger partial charge in [-0.2, -0.15) is 27.7 Å². The van der Waals surface area contributed by atoms with Crippen LogP contribution in [0.5, 0.6) is 0 Å². The van der Waals surface area contributed by atoms with Crippen LogP contribution >= 0.6 is 0 Å². The van der Waals surface area contributed by atoms with Crippen molar-refractivity contribution in [3.05, 3.63) is 27.7 Å². The second-order valence-corrected chi connectivity index (χ2v) is 0. The maximum absolute atomic E-state index is 4.50. The van der Waals surface area contributed by atoms with Crippen molar-refractivity contribution in [2.75, 3.05) is 7.05 Å². The van der Waals surface area contributed by atoms with E-state index in [4.69, 9.17) is 0 Å². The Morgan fingerprint density at radius 2 is 0.545 bits per heavy atom. The third-order valence-corrected chi connectivity index (χ3v) is 0. The van der Waals surface area contributed by atoms with Gasteiger partial charge in [0.1, 0.15) is 0 Å². The summed E-state index contributed by atoms with van der Waals surface area (Å²) in [5, 5.41) is 0. The monoisotopic (exact) mass is 327 g/mol. The van der Waals surface area contributed by atoms with Gasteiger partial charge >= 0.3 is 25.8 Å². The molecule has 2 N–H and O–H groups in total. The first kappa shape index (κ1) is 40.8. The molecule has 0 bridgehead atoms. The van der Waals surface area contributed by atoms with Crippen LogP contribution < -0.4 is 5.73 Å². The van der Waals surface area contributed by atoms with Gasteiger partial charge in [0.15, 0.2) is 0 Å². The van der Waals surface area contributed by atoms with E-state index >= 15 is 0 Å². The molecule has 0 aliphatic carbocycles. The van der Waals surface area contributed by atoms with E-state index in [9.17, 15) is 0 Å². The van der Waals surface area contributed by atoms with Gasteiger partial charge in [-0.15, -0.1) is 0 Å². The number of rotatable bonds is 0. The quantitative estimate of drug-likeness (QED) is 0.538. The third-order valence-electron chi connectivity index (χ3n) is 0. The molecule has 70 valence electrons. The van der Waals surface area contributed by atoms with Gasteiger partial charge in [-0.05, 0) is 7.05 Å². The second-order valence-electron chi connectivity index (χ2n) is 0. The zero-order chi connectivity index (χ0) is 10.0. The van der Waals surface area contributed by atoms with Crippen LogP contribution in [0.2, 0.25) is 0 Å². The Balaban J connectivity index is -0.00000000694. The molecule has 2 heteroatoms. The van der Waals surface area contributed by atoms with Crippen molar-refractivity contribution in [2.24, 2.45) is 5.73 Å². The minimum atomic E-state index is 0. The van der Waals surface area contributed by atoms with Crippen LogP contribution in [0.4, 0.5) is 0 Å².